The Kier molecular flexibility index (Phi) is 7.39. The van der Waals surface area contributed by atoms with E-state index in [1.54, 1.807) is 24.3 Å². The molecule has 1 aliphatic heterocycles. The Morgan fingerprint density at radius 2 is 1.65 bits per heavy atom. The standard InChI is InChI=1S/C26H25Cl3N4O/c1-4-21(33-7-5-32(3)6-8-33)9-16(2)30-26(34)25-15-23-22(13-20(29)14-24(23)31-25)17-10-18(27)12-19(28)11-17/h4,9-15,31H,1-2,5-8H2,3H3,(H,30,34)/b21-9+. The number of aromatic amines is 1. The van der Waals surface area contributed by atoms with Gasteiger partial charge in [-0.3, -0.25) is 4.79 Å². The van der Waals surface area contributed by atoms with Gasteiger partial charge in [-0.05, 0) is 66.7 Å². The molecule has 3 aromatic rings. The first-order valence-electron chi connectivity index (χ1n) is 10.8. The largest absolute Gasteiger partial charge is 0.369 e. The van der Waals surface area contributed by atoms with Crippen LogP contribution in [0.3, 0.4) is 0 Å². The van der Waals surface area contributed by atoms with Crippen molar-refractivity contribution >= 4 is 51.6 Å². The molecule has 2 N–H and O–H groups in total. The first-order valence-corrected chi connectivity index (χ1v) is 11.9. The number of hydrogen-bond acceptors (Lipinski definition) is 3. The molecule has 1 saturated heterocycles. The van der Waals surface area contributed by atoms with E-state index in [0.29, 0.717) is 26.5 Å². The minimum atomic E-state index is -0.301. The summed E-state index contributed by atoms with van der Waals surface area (Å²) < 4.78 is 0. The first kappa shape index (κ1) is 24.4. The van der Waals surface area contributed by atoms with Gasteiger partial charge >= 0.3 is 0 Å². The van der Waals surface area contributed by atoms with Gasteiger partial charge in [-0.15, -0.1) is 0 Å². The van der Waals surface area contributed by atoms with E-state index in [2.05, 4.69) is 40.3 Å². The molecule has 2 heterocycles. The number of allylic oxidation sites excluding steroid dienone is 2. The maximum Gasteiger partial charge on any atom is 0.272 e. The molecule has 1 amide bonds. The van der Waals surface area contributed by atoms with Gasteiger partial charge in [-0.25, -0.2) is 0 Å². The molecule has 8 heteroatoms. The van der Waals surface area contributed by atoms with Gasteiger partial charge in [0.15, 0.2) is 0 Å². The van der Waals surface area contributed by atoms with Crippen LogP contribution >= 0.6 is 34.8 Å². The topological polar surface area (TPSA) is 51.4 Å². The molecule has 0 atom stereocenters. The Labute approximate surface area is 214 Å². The van der Waals surface area contributed by atoms with Crippen molar-refractivity contribution < 1.29 is 4.79 Å². The molecule has 0 bridgehead atoms. The Morgan fingerprint density at radius 1 is 1.00 bits per heavy atom. The van der Waals surface area contributed by atoms with Crippen LogP contribution in [0.25, 0.3) is 22.0 Å². The predicted octanol–water partition coefficient (Wildman–Crippen LogP) is 6.36. The van der Waals surface area contributed by atoms with Crippen LogP contribution in [0.5, 0.6) is 0 Å². The molecule has 176 valence electrons. The van der Waals surface area contributed by atoms with E-state index < -0.39 is 0 Å². The second-order valence-electron chi connectivity index (χ2n) is 8.30. The maximum atomic E-state index is 13.0. The van der Waals surface area contributed by atoms with Crippen LogP contribution in [0.4, 0.5) is 0 Å². The molecular formula is C26H25Cl3N4O. The van der Waals surface area contributed by atoms with Crippen LogP contribution in [0, 0.1) is 0 Å². The van der Waals surface area contributed by atoms with E-state index in [9.17, 15) is 4.79 Å². The number of likely N-dealkylation sites (N-methyl/N-ethyl adjacent to an activating group) is 1. The van der Waals surface area contributed by atoms with Crippen LogP contribution < -0.4 is 5.32 Å². The normalized spacial score (nSPS) is 14.9. The number of amides is 1. The number of aromatic nitrogens is 1. The zero-order valence-electron chi connectivity index (χ0n) is 18.8. The van der Waals surface area contributed by atoms with Gasteiger partial charge in [-0.2, -0.15) is 0 Å². The fourth-order valence-corrected chi connectivity index (χ4v) is 4.79. The number of nitrogens with zero attached hydrogens (tertiary/aromatic N) is 2. The highest BCUT2D eigenvalue weighted by Crippen LogP contribution is 2.35. The van der Waals surface area contributed by atoms with Crippen molar-refractivity contribution in [3.05, 3.63) is 93.9 Å². The van der Waals surface area contributed by atoms with Crippen molar-refractivity contribution in [3.63, 3.8) is 0 Å². The van der Waals surface area contributed by atoms with Crippen LogP contribution in [0.15, 0.2) is 73.1 Å². The van der Waals surface area contributed by atoms with Gasteiger partial charge in [0.1, 0.15) is 5.69 Å². The zero-order valence-corrected chi connectivity index (χ0v) is 21.1. The van der Waals surface area contributed by atoms with Gasteiger partial charge in [0.05, 0.1) is 0 Å². The number of carbonyl (C=O) groups excluding carboxylic acids is 1. The first-order chi connectivity index (χ1) is 16.2. The minimum absolute atomic E-state index is 0.301. The summed E-state index contributed by atoms with van der Waals surface area (Å²) in [6, 6.07) is 10.7. The quantitative estimate of drug-likeness (QED) is 0.376. The Balaban J connectivity index is 1.58. The monoisotopic (exact) mass is 514 g/mol. The average molecular weight is 516 g/mol. The van der Waals surface area contributed by atoms with Gasteiger partial charge in [0.25, 0.3) is 5.91 Å². The highest BCUT2D eigenvalue weighted by atomic mass is 35.5. The van der Waals surface area contributed by atoms with Crippen molar-refractivity contribution in [3.8, 4) is 11.1 Å². The van der Waals surface area contributed by atoms with Crippen molar-refractivity contribution in [1.29, 1.82) is 0 Å². The van der Waals surface area contributed by atoms with E-state index in [1.807, 2.05) is 24.3 Å². The lowest BCUT2D eigenvalue weighted by Gasteiger charge is -2.34. The molecule has 0 saturated carbocycles. The summed E-state index contributed by atoms with van der Waals surface area (Å²) in [5.41, 5.74) is 4.17. The van der Waals surface area contributed by atoms with Crippen molar-refractivity contribution in [2.45, 2.75) is 0 Å². The SMILES string of the molecule is C=C/C(=C\C(=C)NC(=O)c1cc2c(-c3cc(Cl)cc(Cl)c3)cc(Cl)cc2[nH]1)N1CCN(C)CC1. The lowest BCUT2D eigenvalue weighted by molar-refractivity contribution is 0.0963. The van der Waals surface area contributed by atoms with E-state index in [-0.39, 0.29) is 5.91 Å². The third-order valence-corrected chi connectivity index (χ3v) is 6.45. The van der Waals surface area contributed by atoms with Crippen molar-refractivity contribution in [2.75, 3.05) is 33.2 Å². The molecule has 1 aromatic heterocycles. The fraction of sp³-hybridized carbons (Fsp3) is 0.192. The van der Waals surface area contributed by atoms with Crippen LogP contribution in [-0.2, 0) is 0 Å². The summed E-state index contributed by atoms with van der Waals surface area (Å²) in [6.45, 7) is 11.7. The summed E-state index contributed by atoms with van der Waals surface area (Å²) >= 11 is 18.8. The lowest BCUT2D eigenvalue weighted by atomic mass is 10.0. The maximum absolute atomic E-state index is 13.0. The molecule has 1 fully saturated rings. The predicted molar refractivity (Wildman–Crippen MR) is 143 cm³/mol. The number of fused-ring (bicyclic) bond motifs is 1. The number of benzene rings is 2. The van der Waals surface area contributed by atoms with Gasteiger partial charge in [0.2, 0.25) is 0 Å². The molecule has 0 aliphatic carbocycles. The molecule has 0 unspecified atom stereocenters. The molecule has 0 spiro atoms. The Hall–Kier alpha value is -2.70. The molecule has 2 aromatic carbocycles. The number of piperazine rings is 1. The average Bonchev–Trinajstić information content (AvgIpc) is 3.21. The molecule has 5 nitrogen and oxygen atoms in total. The van der Waals surface area contributed by atoms with Crippen LogP contribution in [0.1, 0.15) is 10.5 Å². The van der Waals surface area contributed by atoms with Crippen molar-refractivity contribution in [2.24, 2.45) is 0 Å². The van der Waals surface area contributed by atoms with Crippen LogP contribution in [-0.4, -0.2) is 53.9 Å². The summed E-state index contributed by atoms with van der Waals surface area (Å²) in [5.74, 6) is -0.301. The highest BCUT2D eigenvalue weighted by molar-refractivity contribution is 6.35. The summed E-state index contributed by atoms with van der Waals surface area (Å²) in [7, 11) is 2.10. The van der Waals surface area contributed by atoms with E-state index in [1.165, 1.54) is 0 Å². The van der Waals surface area contributed by atoms with Gasteiger partial charge in [-0.1, -0.05) is 48.0 Å². The zero-order chi connectivity index (χ0) is 24.4. The van der Waals surface area contributed by atoms with E-state index in [4.69, 9.17) is 34.8 Å². The molecule has 1 aliphatic rings. The molecule has 4 rings (SSSR count). The molecule has 34 heavy (non-hydrogen) atoms. The van der Waals surface area contributed by atoms with E-state index in [0.717, 1.165) is 53.9 Å². The third kappa shape index (κ3) is 5.50. The number of hydrogen-bond donors (Lipinski definition) is 2. The molecular weight excluding hydrogens is 491 g/mol. The van der Waals surface area contributed by atoms with Crippen LogP contribution in [0.2, 0.25) is 15.1 Å². The lowest BCUT2D eigenvalue weighted by Crippen LogP contribution is -2.43. The van der Waals surface area contributed by atoms with Gasteiger partial charge in [0, 0.05) is 63.5 Å². The van der Waals surface area contributed by atoms with Gasteiger partial charge < -0.3 is 20.1 Å². The van der Waals surface area contributed by atoms with E-state index >= 15 is 0 Å². The Morgan fingerprint density at radius 3 is 2.29 bits per heavy atom. The summed E-state index contributed by atoms with van der Waals surface area (Å²) in [6.07, 6.45) is 3.63. The van der Waals surface area contributed by atoms with Crippen molar-refractivity contribution in [1.82, 2.24) is 20.1 Å². The smallest absolute Gasteiger partial charge is 0.272 e. The Bertz CT molecular complexity index is 1280. The number of carbonyl (C=O) groups is 1. The number of halogens is 3. The summed E-state index contributed by atoms with van der Waals surface area (Å²) in [5, 5.41) is 5.26. The summed E-state index contributed by atoms with van der Waals surface area (Å²) in [4.78, 5) is 20.7. The number of rotatable bonds is 6. The number of H-pyrrole nitrogens is 1. The minimum Gasteiger partial charge on any atom is -0.369 e. The third-order valence-electron chi connectivity index (χ3n) is 5.79. The molecule has 0 radical (unpaired) electrons. The second kappa shape index (κ2) is 10.3. The fourth-order valence-electron chi connectivity index (χ4n) is 4.04. The second-order valence-corrected chi connectivity index (χ2v) is 9.61. The number of nitrogens with one attached hydrogen (secondary N) is 2. The highest BCUT2D eigenvalue weighted by Gasteiger charge is 2.17.